The number of fused-ring (bicyclic) bond motifs is 1. The molecule has 3 heteroatoms. The molecule has 0 aliphatic heterocycles. The molecule has 0 aromatic heterocycles. The van der Waals surface area contributed by atoms with E-state index in [0.29, 0.717) is 12.7 Å². The molecule has 2 N–H and O–H groups in total. The van der Waals surface area contributed by atoms with Crippen LogP contribution in [0.3, 0.4) is 0 Å². The molecule has 0 aliphatic rings. The van der Waals surface area contributed by atoms with E-state index < -0.39 is 0 Å². The summed E-state index contributed by atoms with van der Waals surface area (Å²) < 4.78 is 0. The molecule has 0 heterocycles. The highest BCUT2D eigenvalue weighted by atomic mass is 16.3. The fourth-order valence-corrected chi connectivity index (χ4v) is 2.53. The summed E-state index contributed by atoms with van der Waals surface area (Å²) in [5.41, 5.74) is 2.25. The molecule has 0 unspecified atom stereocenters. The van der Waals surface area contributed by atoms with Crippen molar-refractivity contribution in [2.24, 2.45) is 0 Å². The molecule has 21 heavy (non-hydrogen) atoms. The van der Waals surface area contributed by atoms with Crippen molar-refractivity contribution in [3.63, 3.8) is 0 Å². The fraction of sp³-hybridized carbons (Fsp3) is 0.0556. The van der Waals surface area contributed by atoms with Gasteiger partial charge >= 0.3 is 0 Å². The van der Waals surface area contributed by atoms with Crippen molar-refractivity contribution >= 4 is 17.1 Å². The first-order chi connectivity index (χ1) is 10.2. The Morgan fingerprint density at radius 2 is 1.62 bits per heavy atom. The summed E-state index contributed by atoms with van der Waals surface area (Å²) >= 11 is 0. The maximum atomic E-state index is 10.7. The van der Waals surface area contributed by atoms with Crippen LogP contribution in [0.2, 0.25) is 0 Å². The van der Waals surface area contributed by atoms with Crippen LogP contribution in [0.1, 0.15) is 21.5 Å². The van der Waals surface area contributed by atoms with Crippen LogP contribution in [0.15, 0.2) is 54.6 Å². The normalized spacial score (nSPS) is 10.7. The molecule has 0 bridgehead atoms. The van der Waals surface area contributed by atoms with Crippen LogP contribution in [-0.4, -0.2) is 16.5 Å². The second-order valence-electron chi connectivity index (χ2n) is 4.98. The molecule has 0 atom stereocenters. The number of aldehydes is 1. The molecule has 0 fully saturated rings. The van der Waals surface area contributed by atoms with Crippen molar-refractivity contribution in [3.05, 3.63) is 71.3 Å². The minimum atomic E-state index is -0.00872. The molecular formula is C18H14O3. The summed E-state index contributed by atoms with van der Waals surface area (Å²) in [5, 5.41) is 21.4. The van der Waals surface area contributed by atoms with Gasteiger partial charge in [-0.05, 0) is 41.1 Å². The smallest absolute Gasteiger partial charge is 0.153 e. The van der Waals surface area contributed by atoms with Gasteiger partial charge in [-0.15, -0.1) is 0 Å². The number of rotatable bonds is 3. The van der Waals surface area contributed by atoms with Crippen LogP contribution < -0.4 is 0 Å². The molecule has 0 spiro atoms. The predicted molar refractivity (Wildman–Crippen MR) is 81.9 cm³/mol. The van der Waals surface area contributed by atoms with Crippen molar-refractivity contribution in [2.45, 2.75) is 6.42 Å². The third-order valence-corrected chi connectivity index (χ3v) is 3.61. The van der Waals surface area contributed by atoms with Crippen LogP contribution in [-0.2, 0) is 6.42 Å². The fourth-order valence-electron chi connectivity index (χ4n) is 2.53. The third-order valence-electron chi connectivity index (χ3n) is 3.61. The van der Waals surface area contributed by atoms with E-state index in [-0.39, 0.29) is 17.1 Å². The summed E-state index contributed by atoms with van der Waals surface area (Å²) in [4.78, 5) is 10.7. The van der Waals surface area contributed by atoms with Gasteiger partial charge in [0.15, 0.2) is 6.29 Å². The lowest BCUT2D eigenvalue weighted by atomic mass is 9.97. The molecule has 3 aromatic rings. The van der Waals surface area contributed by atoms with Crippen LogP contribution in [0.5, 0.6) is 11.5 Å². The molecule has 3 nitrogen and oxygen atoms in total. The maximum absolute atomic E-state index is 10.7. The number of benzene rings is 3. The number of hydrogen-bond acceptors (Lipinski definition) is 3. The lowest BCUT2D eigenvalue weighted by Crippen LogP contribution is -1.91. The van der Waals surface area contributed by atoms with E-state index in [1.165, 1.54) is 0 Å². The van der Waals surface area contributed by atoms with E-state index in [1.807, 2.05) is 36.4 Å². The first-order valence-electron chi connectivity index (χ1n) is 6.65. The summed E-state index contributed by atoms with van der Waals surface area (Å²) in [6, 6.07) is 16.2. The molecule has 3 aromatic carbocycles. The van der Waals surface area contributed by atoms with Gasteiger partial charge in [-0.1, -0.05) is 36.4 Å². The van der Waals surface area contributed by atoms with Gasteiger partial charge in [0.1, 0.15) is 11.5 Å². The van der Waals surface area contributed by atoms with Crippen molar-refractivity contribution in [1.29, 1.82) is 0 Å². The number of carbonyl (C=O) groups excluding carboxylic acids is 1. The monoisotopic (exact) mass is 278 g/mol. The van der Waals surface area contributed by atoms with Crippen LogP contribution in [0.4, 0.5) is 0 Å². The minimum Gasteiger partial charge on any atom is -0.507 e. The summed E-state index contributed by atoms with van der Waals surface area (Å²) in [5.74, 6) is 0.249. The van der Waals surface area contributed by atoms with Crippen molar-refractivity contribution in [2.75, 3.05) is 0 Å². The number of carbonyl (C=O) groups is 1. The van der Waals surface area contributed by atoms with Gasteiger partial charge in [-0.2, -0.15) is 0 Å². The van der Waals surface area contributed by atoms with E-state index in [1.54, 1.807) is 18.2 Å². The van der Waals surface area contributed by atoms with Gasteiger partial charge in [0.05, 0.1) is 5.56 Å². The highest BCUT2D eigenvalue weighted by molar-refractivity contribution is 5.91. The van der Waals surface area contributed by atoms with Gasteiger partial charge in [-0.3, -0.25) is 4.79 Å². The number of phenols is 2. The Labute approximate surface area is 122 Å². The molecule has 0 aliphatic carbocycles. The van der Waals surface area contributed by atoms with Crippen molar-refractivity contribution in [1.82, 2.24) is 0 Å². The Balaban J connectivity index is 2.04. The molecule has 0 saturated carbocycles. The third kappa shape index (κ3) is 2.46. The zero-order valence-electron chi connectivity index (χ0n) is 11.3. The molecule has 0 amide bonds. The largest absolute Gasteiger partial charge is 0.507 e. The standard InChI is InChI=1S/C18H14O3/c19-11-14-8-7-12(10-18(14)21)9-13-3-1-5-16-15(13)4-2-6-17(16)20/h1-8,10-11,20-21H,9H2. The second-order valence-corrected chi connectivity index (χ2v) is 4.98. The summed E-state index contributed by atoms with van der Waals surface area (Å²) in [6.07, 6.45) is 1.25. The Hall–Kier alpha value is -2.81. The summed E-state index contributed by atoms with van der Waals surface area (Å²) in [6.45, 7) is 0. The molecular weight excluding hydrogens is 264 g/mol. The van der Waals surface area contributed by atoms with Gasteiger partial charge in [-0.25, -0.2) is 0 Å². The van der Waals surface area contributed by atoms with Crippen LogP contribution in [0.25, 0.3) is 10.8 Å². The first kappa shape index (κ1) is 13.2. The Morgan fingerprint density at radius 3 is 2.38 bits per heavy atom. The lowest BCUT2D eigenvalue weighted by molar-refractivity contribution is 0.112. The van der Waals surface area contributed by atoms with E-state index in [9.17, 15) is 15.0 Å². The van der Waals surface area contributed by atoms with Crippen LogP contribution >= 0.6 is 0 Å². The highest BCUT2D eigenvalue weighted by Gasteiger charge is 2.07. The van der Waals surface area contributed by atoms with Gasteiger partial charge in [0.25, 0.3) is 0 Å². The van der Waals surface area contributed by atoms with Crippen LogP contribution in [0, 0.1) is 0 Å². The topological polar surface area (TPSA) is 57.5 Å². The Morgan fingerprint density at radius 1 is 0.857 bits per heavy atom. The SMILES string of the molecule is O=Cc1ccc(Cc2cccc3c(O)cccc23)cc1O. The van der Waals surface area contributed by atoms with Gasteiger partial charge in [0.2, 0.25) is 0 Å². The summed E-state index contributed by atoms with van der Waals surface area (Å²) in [7, 11) is 0. The van der Waals surface area contributed by atoms with E-state index in [4.69, 9.17) is 0 Å². The maximum Gasteiger partial charge on any atom is 0.153 e. The quantitative estimate of drug-likeness (QED) is 0.719. The van der Waals surface area contributed by atoms with E-state index in [0.717, 1.165) is 21.9 Å². The average molecular weight is 278 g/mol. The first-order valence-corrected chi connectivity index (χ1v) is 6.65. The van der Waals surface area contributed by atoms with Gasteiger partial charge < -0.3 is 10.2 Å². The lowest BCUT2D eigenvalue weighted by Gasteiger charge is -2.09. The minimum absolute atomic E-state index is 0.00872. The second kappa shape index (κ2) is 5.29. The zero-order chi connectivity index (χ0) is 14.8. The zero-order valence-corrected chi connectivity index (χ0v) is 11.3. The van der Waals surface area contributed by atoms with E-state index in [2.05, 4.69) is 0 Å². The predicted octanol–water partition coefficient (Wildman–Crippen LogP) is 3.65. The van der Waals surface area contributed by atoms with E-state index >= 15 is 0 Å². The van der Waals surface area contributed by atoms with Crippen molar-refractivity contribution in [3.8, 4) is 11.5 Å². The number of hydrogen-bond donors (Lipinski definition) is 2. The van der Waals surface area contributed by atoms with Crippen molar-refractivity contribution < 1.29 is 15.0 Å². The Kier molecular flexibility index (Phi) is 3.32. The molecule has 0 saturated heterocycles. The molecule has 104 valence electrons. The number of aromatic hydroxyl groups is 2. The molecule has 3 rings (SSSR count). The average Bonchev–Trinajstić information content (AvgIpc) is 2.49. The Bertz CT molecular complexity index is 822. The highest BCUT2D eigenvalue weighted by Crippen LogP contribution is 2.29. The molecule has 0 radical (unpaired) electrons. The number of phenolic OH excluding ortho intramolecular Hbond substituents is 2. The van der Waals surface area contributed by atoms with Gasteiger partial charge in [0, 0.05) is 5.39 Å².